The highest BCUT2D eigenvalue weighted by Gasteiger charge is 2.07. The normalized spacial score (nSPS) is 9.38. The minimum atomic E-state index is 0.301. The van der Waals surface area contributed by atoms with Gasteiger partial charge in [-0.2, -0.15) is 9.97 Å². The number of nitrogens with two attached hydrogens (primary N) is 2. The van der Waals surface area contributed by atoms with E-state index in [1.807, 2.05) is 56.3 Å². The van der Waals surface area contributed by atoms with Crippen LogP contribution in [0.3, 0.4) is 0 Å². The second-order valence-corrected chi connectivity index (χ2v) is 8.34. The van der Waals surface area contributed by atoms with Crippen molar-refractivity contribution in [2.75, 3.05) is 29.2 Å². The summed E-state index contributed by atoms with van der Waals surface area (Å²) in [5, 5.41) is 13.5. The Kier molecular flexibility index (Phi) is 17.0. The van der Waals surface area contributed by atoms with Crippen LogP contribution in [-0.2, 0) is 13.1 Å². The van der Waals surface area contributed by atoms with Crippen LogP contribution in [0.4, 0.5) is 23.5 Å². The van der Waals surface area contributed by atoms with Gasteiger partial charge in [-0.1, -0.05) is 60.7 Å². The number of nitrogens with one attached hydrogen (secondary N) is 2. The van der Waals surface area contributed by atoms with Crippen molar-refractivity contribution in [2.45, 2.75) is 26.9 Å². The lowest BCUT2D eigenvalue weighted by molar-refractivity contribution is 0.399. The number of aromatic nitrogens is 4. The van der Waals surface area contributed by atoms with Crippen LogP contribution in [0.15, 0.2) is 66.7 Å². The molecule has 9 nitrogen and oxygen atoms in total. The van der Waals surface area contributed by atoms with Crippen LogP contribution in [0.25, 0.3) is 0 Å². The largest absolute Gasteiger partial charge is 0.400 e. The van der Waals surface area contributed by atoms with Gasteiger partial charge in [-0.05, 0) is 47.6 Å². The second-order valence-electron chi connectivity index (χ2n) is 7.26. The van der Waals surface area contributed by atoms with Crippen molar-refractivity contribution in [3.63, 3.8) is 0 Å². The highest BCUT2D eigenvalue weighted by molar-refractivity contribution is 15.0. The monoisotopic (exact) mass is 840 g/mol. The van der Waals surface area contributed by atoms with Gasteiger partial charge in [-0.3, -0.25) is 0 Å². The maximum atomic E-state index is 7.00. The van der Waals surface area contributed by atoms with Crippen molar-refractivity contribution >= 4 is 83.4 Å². The predicted molar refractivity (Wildman–Crippen MR) is 179 cm³/mol. The number of hydrogen-bond donors (Lipinski definition) is 5. The van der Waals surface area contributed by atoms with Crippen molar-refractivity contribution < 1.29 is 5.11 Å². The van der Waals surface area contributed by atoms with E-state index in [0.29, 0.717) is 11.9 Å². The van der Waals surface area contributed by atoms with Crippen LogP contribution in [0.5, 0.6) is 0 Å². The first-order chi connectivity index (χ1) is 17.9. The van der Waals surface area contributed by atoms with Crippen LogP contribution in [-0.4, -0.2) is 32.2 Å². The molecule has 4 aromatic rings. The Hall–Kier alpha value is -2.05. The number of benzene rings is 2. The SMILES string of the molecule is CO.Cc1cc(NCc2ccccc2)nc(N)n1.Cc1nc(N)nc(NCc2ccccc2)c1I.II. The number of aryl methyl sites for hydroxylation is 2. The van der Waals surface area contributed by atoms with E-state index in [0.717, 1.165) is 46.8 Å². The number of aliphatic hydroxyl groups is 1. The first kappa shape index (κ1) is 33.0. The quantitative estimate of drug-likeness (QED) is 0.149. The van der Waals surface area contributed by atoms with Gasteiger partial charge >= 0.3 is 0 Å². The van der Waals surface area contributed by atoms with E-state index in [-0.39, 0.29) is 0 Å². The third kappa shape index (κ3) is 12.8. The Labute approximate surface area is 255 Å². The molecule has 0 bridgehead atoms. The molecule has 37 heavy (non-hydrogen) atoms. The molecule has 0 amide bonds. The van der Waals surface area contributed by atoms with E-state index in [2.05, 4.69) is 115 Å². The Balaban J connectivity index is 0.000000327. The molecule has 7 N–H and O–H groups in total. The minimum Gasteiger partial charge on any atom is -0.400 e. The van der Waals surface area contributed by atoms with Crippen molar-refractivity contribution in [1.82, 2.24) is 19.9 Å². The zero-order valence-electron chi connectivity index (χ0n) is 20.8. The lowest BCUT2D eigenvalue weighted by atomic mass is 10.2. The molecular formula is C25H31I3N8O. The van der Waals surface area contributed by atoms with Crippen LogP contribution in [0.1, 0.15) is 22.5 Å². The smallest absolute Gasteiger partial charge is 0.222 e. The van der Waals surface area contributed by atoms with Gasteiger partial charge in [0.1, 0.15) is 11.6 Å². The number of nitrogens with zero attached hydrogens (tertiary/aromatic N) is 4. The molecule has 0 aliphatic heterocycles. The third-order valence-electron chi connectivity index (χ3n) is 4.52. The molecular weight excluding hydrogens is 809 g/mol. The molecule has 0 aliphatic carbocycles. The minimum absolute atomic E-state index is 0.301. The topological polar surface area (TPSA) is 148 Å². The molecule has 4 rings (SSSR count). The number of halogens is 3. The first-order valence-corrected chi connectivity index (χ1v) is 18.3. The summed E-state index contributed by atoms with van der Waals surface area (Å²) in [7, 11) is 1.00. The summed E-state index contributed by atoms with van der Waals surface area (Å²) < 4.78 is 1.01. The number of nitrogen functional groups attached to an aromatic ring is 2. The third-order valence-corrected chi connectivity index (χ3v) is 5.82. The molecule has 0 fully saturated rings. The fourth-order valence-electron chi connectivity index (χ4n) is 2.95. The van der Waals surface area contributed by atoms with Crippen molar-refractivity contribution in [1.29, 1.82) is 0 Å². The molecule has 198 valence electrons. The number of anilines is 4. The Morgan fingerprint density at radius 2 is 1.22 bits per heavy atom. The summed E-state index contributed by atoms with van der Waals surface area (Å²) in [5.74, 6) is 2.15. The maximum Gasteiger partial charge on any atom is 0.222 e. The molecule has 2 aromatic carbocycles. The molecule has 0 unspecified atom stereocenters. The fourth-order valence-corrected chi connectivity index (χ4v) is 3.38. The highest BCUT2D eigenvalue weighted by Crippen LogP contribution is 2.19. The average molecular weight is 840 g/mol. The van der Waals surface area contributed by atoms with Gasteiger partial charge in [0.15, 0.2) is 0 Å². The highest BCUT2D eigenvalue weighted by atomic mass is 128. The van der Waals surface area contributed by atoms with Crippen molar-refractivity contribution in [3.8, 4) is 0 Å². The first-order valence-electron chi connectivity index (χ1n) is 11.0. The Morgan fingerprint density at radius 3 is 1.73 bits per heavy atom. The number of hydrogen-bond acceptors (Lipinski definition) is 9. The molecule has 0 atom stereocenters. The van der Waals surface area contributed by atoms with E-state index in [4.69, 9.17) is 16.6 Å². The van der Waals surface area contributed by atoms with Gasteiger partial charge in [0.25, 0.3) is 0 Å². The summed E-state index contributed by atoms with van der Waals surface area (Å²) in [6, 6.07) is 22.2. The zero-order valence-corrected chi connectivity index (χ0v) is 27.3. The number of rotatable bonds is 6. The van der Waals surface area contributed by atoms with Crippen molar-refractivity contribution in [2.24, 2.45) is 0 Å². The summed E-state index contributed by atoms with van der Waals surface area (Å²) in [4.78, 5) is 16.4. The van der Waals surface area contributed by atoms with E-state index in [1.54, 1.807) is 0 Å². The lowest BCUT2D eigenvalue weighted by Crippen LogP contribution is -2.08. The van der Waals surface area contributed by atoms with Gasteiger partial charge < -0.3 is 27.2 Å². The van der Waals surface area contributed by atoms with E-state index < -0.39 is 0 Å². The molecule has 2 heterocycles. The predicted octanol–water partition coefficient (Wildman–Crippen LogP) is 5.94. The molecule has 0 aliphatic rings. The Morgan fingerprint density at radius 1 is 0.730 bits per heavy atom. The second kappa shape index (κ2) is 19.1. The molecule has 2 aromatic heterocycles. The van der Waals surface area contributed by atoms with Crippen LogP contribution in [0.2, 0.25) is 0 Å². The van der Waals surface area contributed by atoms with Gasteiger partial charge in [0.2, 0.25) is 11.9 Å². The van der Waals surface area contributed by atoms with Crippen LogP contribution in [0, 0.1) is 17.4 Å². The average Bonchev–Trinajstić information content (AvgIpc) is 2.92. The van der Waals surface area contributed by atoms with Gasteiger partial charge in [0, 0.05) is 69.2 Å². The van der Waals surface area contributed by atoms with E-state index >= 15 is 0 Å². The summed E-state index contributed by atoms with van der Waals surface area (Å²) >= 11 is 6.46. The summed E-state index contributed by atoms with van der Waals surface area (Å²) in [5.41, 5.74) is 15.4. The lowest BCUT2D eigenvalue weighted by Gasteiger charge is -2.09. The molecule has 0 saturated heterocycles. The van der Waals surface area contributed by atoms with Crippen molar-refractivity contribution in [3.05, 3.63) is 92.8 Å². The van der Waals surface area contributed by atoms with Gasteiger partial charge in [-0.15, -0.1) is 0 Å². The Bertz CT molecular complexity index is 1170. The van der Waals surface area contributed by atoms with Gasteiger partial charge in [0.05, 0.1) is 9.26 Å². The number of aliphatic hydroxyl groups excluding tert-OH is 1. The zero-order chi connectivity index (χ0) is 27.6. The molecule has 0 radical (unpaired) electrons. The molecule has 12 heteroatoms. The summed E-state index contributed by atoms with van der Waals surface area (Å²) in [6.07, 6.45) is 0. The molecule has 0 spiro atoms. The summed E-state index contributed by atoms with van der Waals surface area (Å²) in [6.45, 7) is 5.28. The standard InChI is InChI=1S/C12H13IN4.C12H14N4.CH4O.I2/c1-8-10(13)11(17-12(14)16-8)15-7-9-5-3-2-4-6-9;1-9-7-11(16-12(13)15-9)14-8-10-5-3-2-4-6-10;2*1-2/h2-6H,7H2,1H3,(H3,14,15,16,17);2-7H,8H2,1H3,(H3,13,14,15,16);2H,1H3;. The van der Waals surface area contributed by atoms with Crippen LogP contribution < -0.4 is 22.1 Å². The maximum absolute atomic E-state index is 7.00. The molecule has 0 saturated carbocycles. The van der Waals surface area contributed by atoms with E-state index in [9.17, 15) is 0 Å². The van der Waals surface area contributed by atoms with Gasteiger partial charge in [-0.25, -0.2) is 9.97 Å². The van der Waals surface area contributed by atoms with Crippen LogP contribution >= 0.6 is 59.8 Å². The fraction of sp³-hybridized carbons (Fsp3) is 0.200. The van der Waals surface area contributed by atoms with E-state index in [1.165, 1.54) is 11.1 Å².